The van der Waals surface area contributed by atoms with E-state index >= 15 is 0 Å². The van der Waals surface area contributed by atoms with Crippen molar-refractivity contribution in [2.75, 3.05) is 11.5 Å². The molecule has 6 nitrogen and oxygen atoms in total. The number of anilines is 1. The summed E-state index contributed by atoms with van der Waals surface area (Å²) in [5, 5.41) is 8.47. The van der Waals surface area contributed by atoms with Crippen molar-refractivity contribution in [1.29, 1.82) is 5.26 Å². The van der Waals surface area contributed by atoms with Gasteiger partial charge >= 0.3 is 5.97 Å². The van der Waals surface area contributed by atoms with Crippen molar-refractivity contribution in [3.63, 3.8) is 0 Å². The Balaban J connectivity index is 2.01. The maximum Gasteiger partial charge on any atom is 0.339 e. The van der Waals surface area contributed by atoms with Gasteiger partial charge in [-0.2, -0.15) is 5.26 Å². The van der Waals surface area contributed by atoms with Gasteiger partial charge in [-0.05, 0) is 49.2 Å². The molecule has 0 saturated carbocycles. The average molecular weight is 334 g/mol. The second-order valence-corrected chi connectivity index (χ2v) is 5.73. The number of rotatable bonds is 3. The maximum absolute atomic E-state index is 12.8. The third-order valence-electron chi connectivity index (χ3n) is 4.00. The zero-order valence-corrected chi connectivity index (χ0v) is 13.7. The van der Waals surface area contributed by atoms with Crippen LogP contribution in [0.3, 0.4) is 0 Å². The molecule has 0 unspecified atom stereocenters. The number of carbonyl (C=O) groups is 3. The molecule has 0 aromatic heterocycles. The lowest BCUT2D eigenvalue weighted by molar-refractivity contribution is 0.0554. The third kappa shape index (κ3) is 2.76. The first-order chi connectivity index (χ1) is 11.9. The van der Waals surface area contributed by atoms with Crippen molar-refractivity contribution in [1.82, 2.24) is 0 Å². The number of amides is 2. The van der Waals surface area contributed by atoms with E-state index in [0.717, 1.165) is 16.0 Å². The van der Waals surface area contributed by atoms with E-state index in [9.17, 15) is 14.4 Å². The second kappa shape index (κ2) is 6.21. The van der Waals surface area contributed by atoms with E-state index in [0.29, 0.717) is 5.69 Å². The predicted molar refractivity (Wildman–Crippen MR) is 89.4 cm³/mol. The van der Waals surface area contributed by atoms with E-state index < -0.39 is 17.8 Å². The van der Waals surface area contributed by atoms with Gasteiger partial charge in [0.2, 0.25) is 0 Å². The van der Waals surface area contributed by atoms with Gasteiger partial charge in [0.25, 0.3) is 11.8 Å². The number of hydrogen-bond acceptors (Lipinski definition) is 5. The number of nitriles is 1. The number of esters is 1. The quantitative estimate of drug-likeness (QED) is 0.636. The van der Waals surface area contributed by atoms with Gasteiger partial charge in [-0.3, -0.25) is 9.59 Å². The summed E-state index contributed by atoms with van der Waals surface area (Å²) in [6, 6.07) is 11.4. The van der Waals surface area contributed by atoms with E-state index in [-0.39, 0.29) is 23.3 Å². The van der Waals surface area contributed by atoms with E-state index in [2.05, 4.69) is 0 Å². The highest BCUT2D eigenvalue weighted by molar-refractivity contribution is 6.35. The normalized spacial score (nSPS) is 12.8. The lowest BCUT2D eigenvalue weighted by atomic mass is 10.1. The van der Waals surface area contributed by atoms with Gasteiger partial charge in [0.15, 0.2) is 6.61 Å². The van der Waals surface area contributed by atoms with Crippen molar-refractivity contribution in [3.8, 4) is 6.07 Å². The lowest BCUT2D eigenvalue weighted by Gasteiger charge is -2.17. The Kier molecular flexibility index (Phi) is 4.07. The number of fused-ring (bicyclic) bond motifs is 1. The van der Waals surface area contributed by atoms with Crippen LogP contribution in [0.4, 0.5) is 5.69 Å². The largest absolute Gasteiger partial charge is 0.447 e. The Morgan fingerprint density at radius 2 is 1.80 bits per heavy atom. The molecule has 0 fully saturated rings. The molecule has 25 heavy (non-hydrogen) atoms. The fourth-order valence-electron chi connectivity index (χ4n) is 2.73. The molecule has 6 heteroatoms. The molecule has 1 heterocycles. The van der Waals surface area contributed by atoms with Crippen LogP contribution in [0.15, 0.2) is 36.4 Å². The molecule has 124 valence electrons. The Morgan fingerprint density at radius 3 is 2.52 bits per heavy atom. The topological polar surface area (TPSA) is 87.5 Å². The number of benzene rings is 2. The lowest BCUT2D eigenvalue weighted by Crippen LogP contribution is -2.30. The number of carbonyl (C=O) groups excluding carboxylic acids is 3. The SMILES string of the molecule is Cc1ccc(C)c(N2C(=O)c3ccc(C(=O)OCC#N)cc3C2=O)c1. The molecule has 0 atom stereocenters. The Bertz CT molecular complexity index is 956. The molecule has 1 aliphatic rings. The van der Waals surface area contributed by atoms with Crippen LogP contribution >= 0.6 is 0 Å². The maximum atomic E-state index is 12.8. The van der Waals surface area contributed by atoms with Crippen LogP contribution in [-0.4, -0.2) is 24.4 Å². The molecule has 2 aromatic carbocycles. The molecular formula is C19H14N2O4. The minimum atomic E-state index is -0.713. The summed E-state index contributed by atoms with van der Waals surface area (Å²) in [4.78, 5) is 38.4. The summed E-state index contributed by atoms with van der Waals surface area (Å²) < 4.78 is 4.74. The number of nitrogens with zero attached hydrogens (tertiary/aromatic N) is 2. The van der Waals surface area contributed by atoms with Crippen LogP contribution in [0.2, 0.25) is 0 Å². The molecule has 0 spiro atoms. The zero-order valence-electron chi connectivity index (χ0n) is 13.7. The Labute approximate surface area is 144 Å². The van der Waals surface area contributed by atoms with Gasteiger partial charge in [0.1, 0.15) is 6.07 Å². The smallest absolute Gasteiger partial charge is 0.339 e. The highest BCUT2D eigenvalue weighted by Gasteiger charge is 2.37. The van der Waals surface area contributed by atoms with Gasteiger partial charge in [0, 0.05) is 0 Å². The fraction of sp³-hybridized carbons (Fsp3) is 0.158. The van der Waals surface area contributed by atoms with Crippen LogP contribution in [0.25, 0.3) is 0 Å². The molecule has 1 aliphatic heterocycles. The molecule has 0 aliphatic carbocycles. The van der Waals surface area contributed by atoms with Crippen LogP contribution in [0.5, 0.6) is 0 Å². The molecule has 0 N–H and O–H groups in total. The first-order valence-corrected chi connectivity index (χ1v) is 7.58. The molecule has 0 radical (unpaired) electrons. The molecule has 3 rings (SSSR count). The van der Waals surface area contributed by atoms with Crippen LogP contribution in [0.1, 0.15) is 42.2 Å². The highest BCUT2D eigenvalue weighted by Crippen LogP contribution is 2.31. The van der Waals surface area contributed by atoms with Gasteiger partial charge in [-0.15, -0.1) is 0 Å². The van der Waals surface area contributed by atoms with Crippen molar-refractivity contribution in [3.05, 3.63) is 64.2 Å². The average Bonchev–Trinajstić information content (AvgIpc) is 2.85. The van der Waals surface area contributed by atoms with Crippen LogP contribution in [-0.2, 0) is 4.74 Å². The molecule has 2 amide bonds. The van der Waals surface area contributed by atoms with Crippen LogP contribution < -0.4 is 4.90 Å². The summed E-state index contributed by atoms with van der Waals surface area (Å²) in [7, 11) is 0. The molecule has 0 saturated heterocycles. The van der Waals surface area contributed by atoms with Crippen molar-refractivity contribution in [2.45, 2.75) is 13.8 Å². The van der Waals surface area contributed by atoms with Gasteiger partial charge in [-0.25, -0.2) is 9.69 Å². The summed E-state index contributed by atoms with van der Waals surface area (Å²) >= 11 is 0. The summed E-state index contributed by atoms with van der Waals surface area (Å²) in [5.41, 5.74) is 2.77. The van der Waals surface area contributed by atoms with Gasteiger partial charge < -0.3 is 4.74 Å². The first kappa shape index (κ1) is 16.4. The fourth-order valence-corrected chi connectivity index (χ4v) is 2.73. The summed E-state index contributed by atoms with van der Waals surface area (Å²) in [6.07, 6.45) is 0. The van der Waals surface area contributed by atoms with Crippen LogP contribution in [0, 0.1) is 25.2 Å². The second-order valence-electron chi connectivity index (χ2n) is 5.73. The summed E-state index contributed by atoms with van der Waals surface area (Å²) in [5.74, 6) is -1.62. The Morgan fingerprint density at radius 1 is 1.08 bits per heavy atom. The minimum absolute atomic E-state index is 0.123. The highest BCUT2D eigenvalue weighted by atomic mass is 16.5. The monoisotopic (exact) mass is 334 g/mol. The molecule has 0 bridgehead atoms. The minimum Gasteiger partial charge on any atom is -0.447 e. The molecular weight excluding hydrogens is 320 g/mol. The number of ether oxygens (including phenoxy) is 1. The zero-order chi connectivity index (χ0) is 18.1. The van der Waals surface area contributed by atoms with Gasteiger partial charge in [-0.1, -0.05) is 12.1 Å². The number of aryl methyl sites for hydroxylation is 2. The number of imide groups is 1. The Hall–Kier alpha value is -3.46. The molecule has 2 aromatic rings. The predicted octanol–water partition coefficient (Wildman–Crippen LogP) is 2.78. The summed E-state index contributed by atoms with van der Waals surface area (Å²) in [6.45, 7) is 3.32. The first-order valence-electron chi connectivity index (χ1n) is 7.58. The van der Waals surface area contributed by atoms with Crippen molar-refractivity contribution >= 4 is 23.5 Å². The van der Waals surface area contributed by atoms with E-state index in [1.807, 2.05) is 26.0 Å². The van der Waals surface area contributed by atoms with E-state index in [1.54, 1.807) is 12.1 Å². The van der Waals surface area contributed by atoms with E-state index in [1.165, 1.54) is 18.2 Å². The standard InChI is InChI=1S/C19H14N2O4/c1-11-3-4-12(2)16(9-11)21-17(22)14-6-5-13(10-15(14)18(21)23)19(24)25-8-7-20/h3-6,9-10H,8H2,1-2H3. The van der Waals surface area contributed by atoms with E-state index in [4.69, 9.17) is 10.00 Å². The van der Waals surface area contributed by atoms with Crippen molar-refractivity contribution < 1.29 is 19.1 Å². The van der Waals surface area contributed by atoms with Crippen molar-refractivity contribution in [2.24, 2.45) is 0 Å². The third-order valence-corrected chi connectivity index (χ3v) is 4.00. The van der Waals surface area contributed by atoms with Gasteiger partial charge in [0.05, 0.1) is 22.4 Å². The number of hydrogen-bond donors (Lipinski definition) is 0.